The minimum absolute atomic E-state index is 1.27. The molecule has 1 aliphatic heterocycles. The van der Waals surface area contributed by atoms with Gasteiger partial charge in [0.25, 0.3) is 17.6 Å². The molecule has 0 unspecified atom stereocenters. The van der Waals surface area contributed by atoms with Crippen LogP contribution in [-0.2, 0) is 11.3 Å². The van der Waals surface area contributed by atoms with Gasteiger partial charge in [0.05, 0.1) is 17.7 Å². The minimum atomic E-state index is -7.08. The Bertz CT molecular complexity index is 1210. The predicted molar refractivity (Wildman–Crippen MR) is 103 cm³/mol. The summed E-state index contributed by atoms with van der Waals surface area (Å²) in [6.07, 6.45) is -28.3. The maximum Gasteiger partial charge on any atom is 0.436 e. The van der Waals surface area contributed by atoms with Gasteiger partial charge in [-0.25, -0.2) is 26.3 Å². The molecule has 24 heteroatoms. The van der Waals surface area contributed by atoms with E-state index in [2.05, 4.69) is 24.2 Å². The molecule has 0 amide bonds. The van der Waals surface area contributed by atoms with Gasteiger partial charge in [-0.2, -0.15) is 62.7 Å². The molecule has 248 valence electrons. The summed E-state index contributed by atoms with van der Waals surface area (Å²) in [5, 5.41) is 1.53. The van der Waals surface area contributed by atoms with Crippen LogP contribution in [0.25, 0.3) is 0 Å². The second-order valence-corrected chi connectivity index (χ2v) is 8.27. The first-order valence-electron chi connectivity index (χ1n) is 10.9. The number of aromatic nitrogens is 2. The first kappa shape index (κ1) is 34.7. The Kier molecular flexibility index (Phi) is 8.68. The SMILES string of the molecule is Fc1c2nc(c(F)c1C(F)(C(F)(F)F)C(F)(F)F)OCCOc1nc(c(F)c(C(F)(C(F)(F)F)C(F)(F)F)c1F)OCCN2. The van der Waals surface area contributed by atoms with Gasteiger partial charge in [0.15, 0.2) is 29.1 Å². The Morgan fingerprint density at radius 1 is 0.455 bits per heavy atom. The second-order valence-electron chi connectivity index (χ2n) is 8.27. The van der Waals surface area contributed by atoms with Gasteiger partial charge in [-0.15, -0.1) is 0 Å². The molecule has 3 rings (SSSR count). The lowest BCUT2D eigenvalue weighted by atomic mass is 9.93. The van der Waals surface area contributed by atoms with Crippen molar-refractivity contribution < 1.29 is 93.2 Å². The fraction of sp³-hybridized carbons (Fsp3) is 0.500. The fourth-order valence-electron chi connectivity index (χ4n) is 3.51. The zero-order valence-corrected chi connectivity index (χ0v) is 20.3. The van der Waals surface area contributed by atoms with E-state index >= 15 is 0 Å². The average Bonchev–Trinajstić information content (AvgIpc) is 2.85. The number of fused-ring (bicyclic) bond motifs is 4. The van der Waals surface area contributed by atoms with Gasteiger partial charge < -0.3 is 19.5 Å². The smallest absolute Gasteiger partial charge is 0.436 e. The minimum Gasteiger partial charge on any atom is -0.474 e. The normalized spacial score (nSPS) is 15.9. The quantitative estimate of drug-likeness (QED) is 0.349. The van der Waals surface area contributed by atoms with Gasteiger partial charge in [-0.3, -0.25) is 0 Å². The molecule has 0 saturated heterocycles. The van der Waals surface area contributed by atoms with Crippen LogP contribution < -0.4 is 19.5 Å². The molecule has 2 aromatic rings. The highest BCUT2D eigenvalue weighted by Gasteiger charge is 2.77. The molecular weight excluding hydrogens is 672 g/mol. The molecule has 44 heavy (non-hydrogen) atoms. The Balaban J connectivity index is 2.16. The van der Waals surface area contributed by atoms with Crippen molar-refractivity contribution in [1.82, 2.24) is 9.97 Å². The van der Waals surface area contributed by atoms with E-state index in [1.807, 2.05) is 0 Å². The Morgan fingerprint density at radius 2 is 0.773 bits per heavy atom. The average molecular weight is 681 g/mol. The van der Waals surface area contributed by atoms with Gasteiger partial charge in [-0.05, 0) is 0 Å². The lowest BCUT2D eigenvalue weighted by Crippen LogP contribution is -2.51. The highest BCUT2D eigenvalue weighted by atomic mass is 19.4. The van der Waals surface area contributed by atoms with Gasteiger partial charge >= 0.3 is 36.0 Å². The molecule has 0 radical (unpaired) electrons. The summed E-state index contributed by atoms with van der Waals surface area (Å²) < 4.78 is 260. The van der Waals surface area contributed by atoms with E-state index in [0.717, 1.165) is 0 Å². The number of anilines is 1. The number of rotatable bonds is 2. The van der Waals surface area contributed by atoms with Crippen molar-refractivity contribution in [1.29, 1.82) is 0 Å². The highest BCUT2D eigenvalue weighted by Crippen LogP contribution is 2.57. The maximum atomic E-state index is 14.8. The Hall–Kier alpha value is -3.76. The lowest BCUT2D eigenvalue weighted by molar-refractivity contribution is -0.351. The summed E-state index contributed by atoms with van der Waals surface area (Å²) >= 11 is 0. The molecule has 0 atom stereocenters. The van der Waals surface area contributed by atoms with Crippen LogP contribution in [0.1, 0.15) is 11.1 Å². The molecule has 0 aliphatic carbocycles. The second kappa shape index (κ2) is 11.0. The lowest BCUT2D eigenvalue weighted by Gasteiger charge is -2.31. The standard InChI is InChI=1S/C20H9F18N3O3/c21-7-5(15(25,17(27,28)29)18(30,31)32)8(22)12-40-11(7)39-1-2-42-13-9(23)6(10(24)14(41-13)44-4-3-43-12)16(26,19(33,34)35)20(36,37)38/h1-4H2,(H,39,40). The molecule has 4 bridgehead atoms. The van der Waals surface area contributed by atoms with Crippen molar-refractivity contribution in [3.63, 3.8) is 0 Å². The molecule has 1 N–H and O–H groups in total. The van der Waals surface area contributed by atoms with Crippen LogP contribution in [0.5, 0.6) is 17.6 Å². The number of nitrogens with one attached hydrogen (secondary N) is 1. The van der Waals surface area contributed by atoms with Crippen molar-refractivity contribution >= 4 is 5.82 Å². The van der Waals surface area contributed by atoms with Crippen LogP contribution >= 0.6 is 0 Å². The maximum absolute atomic E-state index is 14.8. The first-order valence-corrected chi connectivity index (χ1v) is 10.9. The fourth-order valence-corrected chi connectivity index (χ4v) is 3.51. The number of halogens is 18. The largest absolute Gasteiger partial charge is 0.474 e. The number of alkyl halides is 14. The van der Waals surface area contributed by atoms with Crippen LogP contribution in [0.4, 0.5) is 84.8 Å². The van der Waals surface area contributed by atoms with Crippen LogP contribution in [-0.4, -0.2) is 61.0 Å². The van der Waals surface area contributed by atoms with E-state index in [1.54, 1.807) is 0 Å². The topological polar surface area (TPSA) is 65.5 Å². The van der Waals surface area contributed by atoms with Crippen LogP contribution in [0, 0.1) is 23.3 Å². The van der Waals surface area contributed by atoms with E-state index in [4.69, 9.17) is 0 Å². The van der Waals surface area contributed by atoms with Crippen LogP contribution in [0.2, 0.25) is 0 Å². The van der Waals surface area contributed by atoms with E-state index in [-0.39, 0.29) is 0 Å². The molecule has 6 nitrogen and oxygen atoms in total. The molecule has 3 heterocycles. The molecular formula is C20H9F18N3O3. The van der Waals surface area contributed by atoms with Crippen LogP contribution in [0.3, 0.4) is 0 Å². The van der Waals surface area contributed by atoms with E-state index in [1.165, 1.54) is 5.32 Å². The highest BCUT2D eigenvalue weighted by molar-refractivity contribution is 5.48. The zero-order chi connectivity index (χ0) is 33.8. The van der Waals surface area contributed by atoms with Crippen molar-refractivity contribution in [2.24, 2.45) is 0 Å². The van der Waals surface area contributed by atoms with Gasteiger partial charge in [0, 0.05) is 0 Å². The van der Waals surface area contributed by atoms with Gasteiger partial charge in [0.1, 0.15) is 19.8 Å². The van der Waals surface area contributed by atoms with Crippen LogP contribution in [0.15, 0.2) is 0 Å². The number of hydrogen-bond acceptors (Lipinski definition) is 6. The van der Waals surface area contributed by atoms with Gasteiger partial charge in [0.2, 0.25) is 0 Å². The summed E-state index contributed by atoms with van der Waals surface area (Å²) in [7, 11) is 0. The monoisotopic (exact) mass is 681 g/mol. The van der Waals surface area contributed by atoms with Gasteiger partial charge in [-0.1, -0.05) is 0 Å². The molecule has 0 saturated carbocycles. The van der Waals surface area contributed by atoms with Crippen molar-refractivity contribution in [3.05, 3.63) is 34.4 Å². The molecule has 0 fully saturated rings. The first-order chi connectivity index (χ1) is 19.8. The summed E-state index contributed by atoms with van der Waals surface area (Å²) in [6, 6.07) is 0. The van der Waals surface area contributed by atoms with E-state index < -0.39 is 120 Å². The molecule has 2 aromatic heterocycles. The number of hydrogen-bond donors (Lipinski definition) is 1. The predicted octanol–water partition coefficient (Wildman–Crippen LogP) is 6.87. The molecule has 0 spiro atoms. The zero-order valence-electron chi connectivity index (χ0n) is 20.3. The third-order valence-corrected chi connectivity index (χ3v) is 5.51. The van der Waals surface area contributed by atoms with Crippen molar-refractivity contribution in [2.75, 3.05) is 31.7 Å². The summed E-state index contributed by atoms with van der Waals surface area (Å²) in [5.41, 5.74) is -20.2. The molecule has 1 aliphatic rings. The summed E-state index contributed by atoms with van der Waals surface area (Å²) in [5.74, 6) is -20.0. The Labute approximate surface area is 229 Å². The Morgan fingerprint density at radius 3 is 1.14 bits per heavy atom. The number of pyridine rings is 2. The van der Waals surface area contributed by atoms with Crippen molar-refractivity contribution in [2.45, 2.75) is 36.0 Å². The summed E-state index contributed by atoms with van der Waals surface area (Å²) in [4.78, 5) is 5.72. The number of ether oxygens (including phenoxy) is 3. The van der Waals surface area contributed by atoms with Crippen molar-refractivity contribution in [3.8, 4) is 17.6 Å². The molecule has 0 aromatic carbocycles. The van der Waals surface area contributed by atoms with E-state index in [0.29, 0.717) is 0 Å². The third kappa shape index (κ3) is 5.49. The van der Waals surface area contributed by atoms with E-state index in [9.17, 15) is 79.0 Å². The number of nitrogens with zero attached hydrogens (tertiary/aromatic N) is 2. The summed E-state index contributed by atoms with van der Waals surface area (Å²) in [6.45, 7) is -5.67. The third-order valence-electron chi connectivity index (χ3n) is 5.51.